The van der Waals surface area contributed by atoms with Crippen molar-refractivity contribution in [3.63, 3.8) is 0 Å². The van der Waals surface area contributed by atoms with Crippen LogP contribution in [0.2, 0.25) is 0 Å². The van der Waals surface area contributed by atoms with Crippen LogP contribution in [-0.2, 0) is 0 Å². The SMILES string of the molecule is Cc1cc(Br)ccc1OC(C)C(=O)c1ccc(F)c(F)c1. The van der Waals surface area contributed by atoms with Gasteiger partial charge in [0, 0.05) is 10.0 Å². The summed E-state index contributed by atoms with van der Waals surface area (Å²) in [5.41, 5.74) is 0.950. The van der Waals surface area contributed by atoms with E-state index in [4.69, 9.17) is 4.74 Å². The molecule has 0 aliphatic heterocycles. The number of ether oxygens (including phenoxy) is 1. The van der Waals surface area contributed by atoms with Gasteiger partial charge in [0.05, 0.1) is 0 Å². The second kappa shape index (κ2) is 6.35. The molecule has 0 radical (unpaired) electrons. The van der Waals surface area contributed by atoms with E-state index >= 15 is 0 Å². The molecule has 0 amide bonds. The predicted octanol–water partition coefficient (Wildman–Crippen LogP) is 4.69. The van der Waals surface area contributed by atoms with Crippen molar-refractivity contribution < 1.29 is 18.3 Å². The minimum Gasteiger partial charge on any atom is -0.482 e. The minimum atomic E-state index is -1.05. The molecule has 2 nitrogen and oxygen atoms in total. The van der Waals surface area contributed by atoms with Crippen LogP contribution < -0.4 is 4.74 Å². The van der Waals surface area contributed by atoms with Gasteiger partial charge in [0.2, 0.25) is 5.78 Å². The molecule has 0 aliphatic rings. The monoisotopic (exact) mass is 354 g/mol. The van der Waals surface area contributed by atoms with Crippen molar-refractivity contribution in [3.8, 4) is 5.75 Å². The molecule has 2 aromatic rings. The van der Waals surface area contributed by atoms with Gasteiger partial charge in [-0.05, 0) is 55.8 Å². The van der Waals surface area contributed by atoms with E-state index in [1.807, 2.05) is 13.0 Å². The van der Waals surface area contributed by atoms with Crippen molar-refractivity contribution in [2.45, 2.75) is 20.0 Å². The second-order valence-electron chi connectivity index (χ2n) is 4.66. The lowest BCUT2D eigenvalue weighted by Gasteiger charge is -2.15. The van der Waals surface area contributed by atoms with Crippen LogP contribution in [0.15, 0.2) is 40.9 Å². The fourth-order valence-electron chi connectivity index (χ4n) is 1.87. The Kier molecular flexibility index (Phi) is 4.73. The van der Waals surface area contributed by atoms with E-state index in [-0.39, 0.29) is 5.56 Å². The maximum atomic E-state index is 13.2. The van der Waals surface area contributed by atoms with Gasteiger partial charge in [-0.2, -0.15) is 0 Å². The van der Waals surface area contributed by atoms with Crippen LogP contribution in [0.3, 0.4) is 0 Å². The summed E-state index contributed by atoms with van der Waals surface area (Å²) in [7, 11) is 0. The highest BCUT2D eigenvalue weighted by Crippen LogP contribution is 2.24. The fraction of sp³-hybridized carbons (Fsp3) is 0.188. The van der Waals surface area contributed by atoms with Crippen molar-refractivity contribution in [1.29, 1.82) is 0 Å². The molecule has 1 atom stereocenters. The molecule has 1 unspecified atom stereocenters. The topological polar surface area (TPSA) is 26.3 Å². The van der Waals surface area contributed by atoms with Gasteiger partial charge in [0.15, 0.2) is 17.7 Å². The van der Waals surface area contributed by atoms with Gasteiger partial charge in [0.1, 0.15) is 5.75 Å². The van der Waals surface area contributed by atoms with E-state index in [9.17, 15) is 13.6 Å². The third-order valence-corrected chi connectivity index (χ3v) is 3.51. The van der Waals surface area contributed by atoms with Gasteiger partial charge >= 0.3 is 0 Å². The predicted molar refractivity (Wildman–Crippen MR) is 79.7 cm³/mol. The highest BCUT2D eigenvalue weighted by molar-refractivity contribution is 9.10. The standard InChI is InChI=1S/C16H13BrF2O2/c1-9-7-12(17)4-6-15(9)21-10(2)16(20)11-3-5-13(18)14(19)8-11/h3-8,10H,1-2H3. The number of hydrogen-bond acceptors (Lipinski definition) is 2. The van der Waals surface area contributed by atoms with Crippen molar-refractivity contribution in [3.05, 3.63) is 63.6 Å². The Hall–Kier alpha value is -1.75. The van der Waals surface area contributed by atoms with E-state index in [0.717, 1.165) is 22.2 Å². The molecule has 0 heterocycles. The van der Waals surface area contributed by atoms with Gasteiger partial charge in [0.25, 0.3) is 0 Å². The van der Waals surface area contributed by atoms with Gasteiger partial charge in [-0.25, -0.2) is 8.78 Å². The lowest BCUT2D eigenvalue weighted by molar-refractivity contribution is 0.0816. The first-order chi connectivity index (χ1) is 9.88. The normalized spacial score (nSPS) is 12.0. The Balaban J connectivity index is 2.17. The zero-order valence-electron chi connectivity index (χ0n) is 11.5. The maximum absolute atomic E-state index is 13.2. The van der Waals surface area contributed by atoms with Gasteiger partial charge < -0.3 is 4.74 Å². The van der Waals surface area contributed by atoms with Crippen molar-refractivity contribution in [1.82, 2.24) is 0 Å². The lowest BCUT2D eigenvalue weighted by Crippen LogP contribution is -2.24. The van der Waals surface area contributed by atoms with Crippen molar-refractivity contribution >= 4 is 21.7 Å². The molecule has 0 N–H and O–H groups in total. The van der Waals surface area contributed by atoms with Crippen LogP contribution >= 0.6 is 15.9 Å². The molecule has 0 saturated heterocycles. The number of halogens is 3. The summed E-state index contributed by atoms with van der Waals surface area (Å²) in [6.07, 6.45) is -0.797. The number of aryl methyl sites for hydroxylation is 1. The summed E-state index contributed by atoms with van der Waals surface area (Å²) in [6, 6.07) is 8.47. The van der Waals surface area contributed by atoms with Gasteiger partial charge in [-0.3, -0.25) is 4.79 Å². The minimum absolute atomic E-state index is 0.0798. The van der Waals surface area contributed by atoms with Crippen molar-refractivity contribution in [2.24, 2.45) is 0 Å². The molecular formula is C16H13BrF2O2. The number of Topliss-reactive ketones (excluding diaryl/α,β-unsaturated/α-hetero) is 1. The molecule has 5 heteroatoms. The Bertz CT molecular complexity index is 686. The van der Waals surface area contributed by atoms with E-state index in [0.29, 0.717) is 5.75 Å². The average Bonchev–Trinajstić information content (AvgIpc) is 2.44. The summed E-state index contributed by atoms with van der Waals surface area (Å²) >= 11 is 3.34. The van der Waals surface area contributed by atoms with E-state index in [2.05, 4.69) is 15.9 Å². The molecule has 2 aromatic carbocycles. The number of carbonyl (C=O) groups is 1. The number of carbonyl (C=O) groups excluding carboxylic acids is 1. The Morgan fingerprint density at radius 3 is 2.48 bits per heavy atom. The van der Waals surface area contributed by atoms with Crippen LogP contribution in [0, 0.1) is 18.6 Å². The summed E-state index contributed by atoms with van der Waals surface area (Å²) in [5.74, 6) is -1.87. The third kappa shape index (κ3) is 3.67. The number of hydrogen-bond donors (Lipinski definition) is 0. The number of ketones is 1. The Morgan fingerprint density at radius 1 is 1.14 bits per heavy atom. The van der Waals surface area contributed by atoms with E-state index in [1.165, 1.54) is 6.07 Å². The fourth-order valence-corrected chi connectivity index (χ4v) is 2.35. The van der Waals surface area contributed by atoms with Crippen LogP contribution in [0.5, 0.6) is 5.75 Å². The van der Waals surface area contributed by atoms with E-state index in [1.54, 1.807) is 19.1 Å². The van der Waals surface area contributed by atoms with Crippen LogP contribution in [0.4, 0.5) is 8.78 Å². The molecule has 21 heavy (non-hydrogen) atoms. The average molecular weight is 355 g/mol. The first-order valence-corrected chi connectivity index (χ1v) is 7.10. The molecule has 110 valence electrons. The summed E-state index contributed by atoms with van der Waals surface area (Å²) in [4.78, 5) is 12.2. The Morgan fingerprint density at radius 2 is 1.86 bits per heavy atom. The molecule has 0 aromatic heterocycles. The largest absolute Gasteiger partial charge is 0.482 e. The number of benzene rings is 2. The smallest absolute Gasteiger partial charge is 0.203 e. The highest BCUT2D eigenvalue weighted by atomic mass is 79.9. The maximum Gasteiger partial charge on any atom is 0.203 e. The molecule has 0 aliphatic carbocycles. The summed E-state index contributed by atoms with van der Waals surface area (Å²) in [6.45, 7) is 3.43. The van der Waals surface area contributed by atoms with Gasteiger partial charge in [-0.15, -0.1) is 0 Å². The van der Waals surface area contributed by atoms with Crippen molar-refractivity contribution in [2.75, 3.05) is 0 Å². The molecule has 0 spiro atoms. The van der Waals surface area contributed by atoms with E-state index < -0.39 is 23.5 Å². The molecule has 0 fully saturated rings. The second-order valence-corrected chi connectivity index (χ2v) is 5.58. The lowest BCUT2D eigenvalue weighted by atomic mass is 10.1. The highest BCUT2D eigenvalue weighted by Gasteiger charge is 2.19. The molecule has 0 saturated carbocycles. The first kappa shape index (κ1) is 15.6. The Labute approximate surface area is 129 Å². The van der Waals surface area contributed by atoms with Crippen LogP contribution in [-0.4, -0.2) is 11.9 Å². The van der Waals surface area contributed by atoms with Crippen LogP contribution in [0.1, 0.15) is 22.8 Å². The third-order valence-electron chi connectivity index (χ3n) is 3.01. The quantitative estimate of drug-likeness (QED) is 0.744. The zero-order chi connectivity index (χ0) is 15.6. The molecular weight excluding hydrogens is 342 g/mol. The van der Waals surface area contributed by atoms with Crippen LogP contribution in [0.25, 0.3) is 0 Å². The molecule has 0 bridgehead atoms. The first-order valence-electron chi connectivity index (χ1n) is 6.30. The number of rotatable bonds is 4. The summed E-state index contributed by atoms with van der Waals surface area (Å²) < 4.78 is 32.6. The molecule has 2 rings (SSSR count). The zero-order valence-corrected chi connectivity index (χ0v) is 13.1. The summed E-state index contributed by atoms with van der Waals surface area (Å²) in [5, 5.41) is 0. The van der Waals surface area contributed by atoms with Gasteiger partial charge in [-0.1, -0.05) is 15.9 Å².